The zero-order valence-electron chi connectivity index (χ0n) is 10.9. The summed E-state index contributed by atoms with van der Waals surface area (Å²) < 4.78 is 0.999. The summed E-state index contributed by atoms with van der Waals surface area (Å²) in [6.07, 6.45) is 3.23. The van der Waals surface area contributed by atoms with Crippen molar-refractivity contribution in [2.45, 2.75) is 6.92 Å². The SMILES string of the molecule is Cc1cc(O)ccc1NC(=O)/C=C/c1ccc(Br)cc1. The molecule has 2 rings (SSSR count). The molecule has 2 N–H and O–H groups in total. The topological polar surface area (TPSA) is 49.3 Å². The summed E-state index contributed by atoms with van der Waals surface area (Å²) in [5, 5.41) is 12.1. The van der Waals surface area contributed by atoms with Crippen LogP contribution in [0.5, 0.6) is 5.75 Å². The Balaban J connectivity index is 2.03. The molecule has 0 radical (unpaired) electrons. The highest BCUT2D eigenvalue weighted by molar-refractivity contribution is 9.10. The second kappa shape index (κ2) is 6.39. The summed E-state index contributed by atoms with van der Waals surface area (Å²) in [5.41, 5.74) is 2.45. The molecule has 0 heterocycles. The summed E-state index contributed by atoms with van der Waals surface area (Å²) in [6.45, 7) is 1.83. The second-order valence-electron chi connectivity index (χ2n) is 4.37. The number of phenols is 1. The van der Waals surface area contributed by atoms with Crippen molar-refractivity contribution >= 4 is 33.6 Å². The highest BCUT2D eigenvalue weighted by Crippen LogP contribution is 2.20. The largest absolute Gasteiger partial charge is 0.508 e. The molecular weight excluding hydrogens is 318 g/mol. The van der Waals surface area contributed by atoms with E-state index in [0.717, 1.165) is 15.6 Å². The minimum absolute atomic E-state index is 0.186. The number of carbonyl (C=O) groups is 1. The average molecular weight is 332 g/mol. The van der Waals surface area contributed by atoms with Crippen LogP contribution in [0.4, 0.5) is 5.69 Å². The van der Waals surface area contributed by atoms with Crippen molar-refractivity contribution in [1.82, 2.24) is 0 Å². The molecule has 20 heavy (non-hydrogen) atoms. The standard InChI is InChI=1S/C16H14BrNO2/c1-11-10-14(19)7-8-15(11)18-16(20)9-4-12-2-5-13(17)6-3-12/h2-10,19H,1H3,(H,18,20)/b9-4+. The van der Waals surface area contributed by atoms with Crippen LogP contribution >= 0.6 is 15.9 Å². The number of halogens is 1. The maximum Gasteiger partial charge on any atom is 0.248 e. The van der Waals surface area contributed by atoms with Crippen molar-refractivity contribution in [3.05, 3.63) is 64.1 Å². The molecule has 0 bridgehead atoms. The molecule has 0 fully saturated rings. The second-order valence-corrected chi connectivity index (χ2v) is 5.29. The third kappa shape index (κ3) is 3.96. The molecule has 0 aromatic heterocycles. The number of aromatic hydroxyl groups is 1. The van der Waals surface area contributed by atoms with Gasteiger partial charge >= 0.3 is 0 Å². The minimum Gasteiger partial charge on any atom is -0.508 e. The highest BCUT2D eigenvalue weighted by Gasteiger charge is 2.02. The molecular formula is C16H14BrNO2. The Morgan fingerprint density at radius 1 is 1.20 bits per heavy atom. The maximum atomic E-state index is 11.8. The molecule has 0 aliphatic carbocycles. The molecule has 0 atom stereocenters. The first-order chi connectivity index (χ1) is 9.54. The molecule has 0 unspecified atom stereocenters. The highest BCUT2D eigenvalue weighted by atomic mass is 79.9. The quantitative estimate of drug-likeness (QED) is 0.656. The lowest BCUT2D eigenvalue weighted by Crippen LogP contribution is -2.08. The number of rotatable bonds is 3. The Kier molecular flexibility index (Phi) is 4.58. The number of anilines is 1. The van der Waals surface area contributed by atoms with Crippen LogP contribution in [0.1, 0.15) is 11.1 Å². The van der Waals surface area contributed by atoms with Gasteiger partial charge in [0, 0.05) is 16.2 Å². The van der Waals surface area contributed by atoms with E-state index < -0.39 is 0 Å². The van der Waals surface area contributed by atoms with Crippen LogP contribution in [0, 0.1) is 6.92 Å². The van der Waals surface area contributed by atoms with Crippen molar-refractivity contribution in [2.24, 2.45) is 0 Å². The lowest BCUT2D eigenvalue weighted by atomic mass is 10.2. The smallest absolute Gasteiger partial charge is 0.248 e. The number of phenolic OH excluding ortho intramolecular Hbond substituents is 1. The van der Waals surface area contributed by atoms with Crippen LogP contribution in [0.25, 0.3) is 6.08 Å². The number of hydrogen-bond acceptors (Lipinski definition) is 2. The monoisotopic (exact) mass is 331 g/mol. The van der Waals surface area contributed by atoms with E-state index in [2.05, 4.69) is 21.2 Å². The number of benzene rings is 2. The average Bonchev–Trinajstić information content (AvgIpc) is 2.41. The fourth-order valence-corrected chi connectivity index (χ4v) is 1.97. The van der Waals surface area contributed by atoms with Crippen LogP contribution in [-0.2, 0) is 4.79 Å². The van der Waals surface area contributed by atoms with Gasteiger partial charge < -0.3 is 10.4 Å². The number of amides is 1. The lowest BCUT2D eigenvalue weighted by Gasteiger charge is -2.06. The van der Waals surface area contributed by atoms with Crippen molar-refractivity contribution in [3.63, 3.8) is 0 Å². The van der Waals surface area contributed by atoms with E-state index in [-0.39, 0.29) is 11.7 Å². The molecule has 4 heteroatoms. The van der Waals surface area contributed by atoms with Gasteiger partial charge in [0.2, 0.25) is 5.91 Å². The van der Waals surface area contributed by atoms with E-state index in [1.807, 2.05) is 31.2 Å². The molecule has 0 saturated carbocycles. The van der Waals surface area contributed by atoms with Gasteiger partial charge in [0.15, 0.2) is 0 Å². The summed E-state index contributed by atoms with van der Waals surface area (Å²) in [7, 11) is 0. The molecule has 0 spiro atoms. The van der Waals surface area contributed by atoms with Gasteiger partial charge in [-0.3, -0.25) is 4.79 Å². The van der Waals surface area contributed by atoms with Gasteiger partial charge in [-0.05, 0) is 54.5 Å². The molecule has 3 nitrogen and oxygen atoms in total. The zero-order chi connectivity index (χ0) is 14.5. The summed E-state index contributed by atoms with van der Waals surface area (Å²) in [6, 6.07) is 12.5. The Hall–Kier alpha value is -2.07. The van der Waals surface area contributed by atoms with Gasteiger partial charge in [0.25, 0.3) is 0 Å². The Morgan fingerprint density at radius 3 is 2.55 bits per heavy atom. The lowest BCUT2D eigenvalue weighted by molar-refractivity contribution is -0.111. The van der Waals surface area contributed by atoms with Crippen LogP contribution in [0.15, 0.2) is 53.0 Å². The molecule has 102 valence electrons. The molecule has 1 amide bonds. The maximum absolute atomic E-state index is 11.8. The first-order valence-electron chi connectivity index (χ1n) is 6.09. The number of hydrogen-bond donors (Lipinski definition) is 2. The van der Waals surface area contributed by atoms with E-state index in [9.17, 15) is 9.90 Å². The molecule has 0 aliphatic rings. The van der Waals surface area contributed by atoms with Crippen LogP contribution < -0.4 is 5.32 Å². The zero-order valence-corrected chi connectivity index (χ0v) is 12.5. The number of nitrogens with one attached hydrogen (secondary N) is 1. The van der Waals surface area contributed by atoms with E-state index in [1.54, 1.807) is 24.3 Å². The van der Waals surface area contributed by atoms with Crippen molar-refractivity contribution in [1.29, 1.82) is 0 Å². The van der Waals surface area contributed by atoms with Crippen molar-refractivity contribution in [3.8, 4) is 5.75 Å². The van der Waals surface area contributed by atoms with Crippen LogP contribution in [-0.4, -0.2) is 11.0 Å². The van der Waals surface area contributed by atoms with E-state index in [4.69, 9.17) is 0 Å². The number of aryl methyl sites for hydroxylation is 1. The molecule has 0 aliphatic heterocycles. The van der Waals surface area contributed by atoms with Gasteiger partial charge in [-0.25, -0.2) is 0 Å². The third-order valence-corrected chi connectivity index (χ3v) is 3.29. The van der Waals surface area contributed by atoms with E-state index >= 15 is 0 Å². The molecule has 2 aromatic carbocycles. The first kappa shape index (κ1) is 14.3. The predicted octanol–water partition coefficient (Wildman–Crippen LogP) is 4.12. The van der Waals surface area contributed by atoms with Gasteiger partial charge in [0.05, 0.1) is 0 Å². The summed E-state index contributed by atoms with van der Waals surface area (Å²) >= 11 is 3.36. The van der Waals surface area contributed by atoms with Crippen molar-refractivity contribution in [2.75, 3.05) is 5.32 Å². The van der Waals surface area contributed by atoms with E-state index in [0.29, 0.717) is 5.69 Å². The molecule has 2 aromatic rings. The normalized spacial score (nSPS) is 10.7. The van der Waals surface area contributed by atoms with Gasteiger partial charge in [-0.2, -0.15) is 0 Å². The van der Waals surface area contributed by atoms with Gasteiger partial charge in [0.1, 0.15) is 5.75 Å². The first-order valence-corrected chi connectivity index (χ1v) is 6.88. The molecule has 0 saturated heterocycles. The fraction of sp³-hybridized carbons (Fsp3) is 0.0625. The Labute approximate surface area is 126 Å². The summed E-state index contributed by atoms with van der Waals surface area (Å²) in [4.78, 5) is 11.8. The number of carbonyl (C=O) groups excluding carboxylic acids is 1. The summed E-state index contributed by atoms with van der Waals surface area (Å²) in [5.74, 6) is -0.0207. The Morgan fingerprint density at radius 2 is 1.90 bits per heavy atom. The van der Waals surface area contributed by atoms with Crippen LogP contribution in [0.3, 0.4) is 0 Å². The van der Waals surface area contributed by atoms with Gasteiger partial charge in [-0.15, -0.1) is 0 Å². The Bertz CT molecular complexity index is 648. The van der Waals surface area contributed by atoms with Crippen LogP contribution in [0.2, 0.25) is 0 Å². The van der Waals surface area contributed by atoms with E-state index in [1.165, 1.54) is 6.08 Å². The van der Waals surface area contributed by atoms with Crippen molar-refractivity contribution < 1.29 is 9.90 Å². The third-order valence-electron chi connectivity index (χ3n) is 2.77. The predicted molar refractivity (Wildman–Crippen MR) is 84.6 cm³/mol. The fourth-order valence-electron chi connectivity index (χ4n) is 1.71. The van der Waals surface area contributed by atoms with Gasteiger partial charge in [-0.1, -0.05) is 28.1 Å². The minimum atomic E-state index is -0.207.